The maximum Gasteiger partial charge on any atom is 0.0993 e. The van der Waals surface area contributed by atoms with E-state index in [9.17, 15) is 5.11 Å². The van der Waals surface area contributed by atoms with Gasteiger partial charge < -0.3 is 9.84 Å². The van der Waals surface area contributed by atoms with Crippen molar-refractivity contribution in [3.8, 4) is 0 Å². The highest BCUT2D eigenvalue weighted by atomic mass is 16.5. The molecule has 1 aliphatic heterocycles. The number of likely N-dealkylation sites (tertiary alicyclic amines) is 1. The molecule has 1 saturated heterocycles. The topological polar surface area (TPSA) is 32.7 Å². The van der Waals surface area contributed by atoms with Crippen molar-refractivity contribution in [2.24, 2.45) is 5.92 Å². The van der Waals surface area contributed by atoms with E-state index >= 15 is 0 Å². The van der Waals surface area contributed by atoms with Gasteiger partial charge in [0.15, 0.2) is 0 Å². The van der Waals surface area contributed by atoms with Crippen molar-refractivity contribution >= 4 is 0 Å². The fraction of sp³-hybridized carbons (Fsp3) is 1.00. The average Bonchev–Trinajstić information content (AvgIpc) is 2.60. The van der Waals surface area contributed by atoms with Gasteiger partial charge in [-0.2, -0.15) is 0 Å². The molecular formula is C12H25NO2. The van der Waals surface area contributed by atoms with E-state index in [2.05, 4.69) is 18.7 Å². The van der Waals surface area contributed by atoms with Gasteiger partial charge in [-0.25, -0.2) is 0 Å². The highest BCUT2D eigenvalue weighted by Crippen LogP contribution is 2.19. The van der Waals surface area contributed by atoms with Crippen LogP contribution in [0.15, 0.2) is 0 Å². The average molecular weight is 215 g/mol. The summed E-state index contributed by atoms with van der Waals surface area (Å²) in [7, 11) is 0. The largest absolute Gasteiger partial charge is 0.392 e. The summed E-state index contributed by atoms with van der Waals surface area (Å²) >= 11 is 0. The van der Waals surface area contributed by atoms with Crippen LogP contribution in [0.5, 0.6) is 0 Å². The molecule has 1 N–H and O–H groups in total. The van der Waals surface area contributed by atoms with Crippen molar-refractivity contribution < 1.29 is 9.84 Å². The number of hydrogen-bond acceptors (Lipinski definition) is 3. The van der Waals surface area contributed by atoms with Crippen LogP contribution in [0, 0.1) is 5.92 Å². The van der Waals surface area contributed by atoms with Gasteiger partial charge >= 0.3 is 0 Å². The minimum absolute atomic E-state index is 0.235. The third-order valence-corrected chi connectivity index (χ3v) is 3.07. The molecule has 1 heterocycles. The number of aliphatic hydroxyl groups excluding tert-OH is 1. The van der Waals surface area contributed by atoms with Gasteiger partial charge in [-0.1, -0.05) is 13.8 Å². The summed E-state index contributed by atoms with van der Waals surface area (Å²) in [6.45, 7) is 8.87. The van der Waals surface area contributed by atoms with Crippen molar-refractivity contribution in [2.45, 2.75) is 52.2 Å². The predicted octanol–water partition coefficient (Wildman–Crippen LogP) is 1.85. The molecule has 1 fully saturated rings. The summed E-state index contributed by atoms with van der Waals surface area (Å²) in [5, 5.41) is 9.57. The van der Waals surface area contributed by atoms with Crippen LogP contribution in [-0.4, -0.2) is 42.0 Å². The first-order chi connectivity index (χ1) is 7.11. The van der Waals surface area contributed by atoms with Crippen molar-refractivity contribution in [2.75, 3.05) is 19.9 Å². The molecule has 3 nitrogen and oxygen atoms in total. The first-order valence-electron chi connectivity index (χ1n) is 6.11. The summed E-state index contributed by atoms with van der Waals surface area (Å²) in [4.78, 5) is 2.25. The predicted molar refractivity (Wildman–Crippen MR) is 61.7 cm³/mol. The molecule has 2 atom stereocenters. The molecule has 0 aromatic heterocycles. The van der Waals surface area contributed by atoms with Gasteiger partial charge in [0.05, 0.1) is 12.8 Å². The number of hydrogen-bond donors (Lipinski definition) is 1. The van der Waals surface area contributed by atoms with Crippen molar-refractivity contribution in [1.29, 1.82) is 0 Å². The summed E-state index contributed by atoms with van der Waals surface area (Å²) in [5.74, 6) is 0.705. The molecule has 0 bridgehead atoms. The van der Waals surface area contributed by atoms with Gasteiger partial charge in [0.1, 0.15) is 0 Å². The molecule has 0 aliphatic carbocycles. The smallest absolute Gasteiger partial charge is 0.0993 e. The lowest BCUT2D eigenvalue weighted by atomic mass is 10.1. The lowest BCUT2D eigenvalue weighted by Gasteiger charge is -2.26. The van der Waals surface area contributed by atoms with Crippen LogP contribution in [-0.2, 0) is 4.74 Å². The second-order valence-corrected chi connectivity index (χ2v) is 4.98. The second-order valence-electron chi connectivity index (χ2n) is 4.98. The van der Waals surface area contributed by atoms with Crippen LogP contribution in [0.25, 0.3) is 0 Å². The Morgan fingerprint density at radius 2 is 2.13 bits per heavy atom. The Morgan fingerprint density at radius 3 is 2.73 bits per heavy atom. The Hall–Kier alpha value is -0.120. The van der Waals surface area contributed by atoms with Gasteiger partial charge in [-0.15, -0.1) is 0 Å². The Morgan fingerprint density at radius 1 is 1.40 bits per heavy atom. The zero-order chi connectivity index (χ0) is 11.3. The number of aliphatic hydroxyl groups is 1. The molecule has 90 valence electrons. The number of nitrogens with zero attached hydrogens (tertiary/aromatic N) is 1. The first-order valence-corrected chi connectivity index (χ1v) is 6.11. The minimum Gasteiger partial charge on any atom is -0.392 e. The summed E-state index contributed by atoms with van der Waals surface area (Å²) in [6.07, 6.45) is 3.17. The van der Waals surface area contributed by atoms with Crippen molar-refractivity contribution in [3.05, 3.63) is 0 Å². The van der Waals surface area contributed by atoms with Crippen LogP contribution in [0.2, 0.25) is 0 Å². The third-order valence-electron chi connectivity index (χ3n) is 3.07. The zero-order valence-electron chi connectivity index (χ0n) is 10.3. The third kappa shape index (κ3) is 4.49. The van der Waals surface area contributed by atoms with E-state index in [1.165, 1.54) is 6.42 Å². The zero-order valence-corrected chi connectivity index (χ0v) is 10.3. The Bertz CT molecular complexity index is 171. The molecule has 15 heavy (non-hydrogen) atoms. The summed E-state index contributed by atoms with van der Waals surface area (Å²) in [5.41, 5.74) is 0. The summed E-state index contributed by atoms with van der Waals surface area (Å²) < 4.78 is 5.62. The van der Waals surface area contributed by atoms with E-state index in [0.29, 0.717) is 18.7 Å². The van der Waals surface area contributed by atoms with E-state index < -0.39 is 0 Å². The molecule has 1 aliphatic rings. The van der Waals surface area contributed by atoms with Crippen LogP contribution >= 0.6 is 0 Å². The van der Waals surface area contributed by atoms with Crippen molar-refractivity contribution in [1.82, 2.24) is 4.90 Å². The Balaban J connectivity index is 2.14. The fourth-order valence-corrected chi connectivity index (χ4v) is 2.06. The maximum absolute atomic E-state index is 9.57. The quantitative estimate of drug-likeness (QED) is 0.686. The van der Waals surface area contributed by atoms with Gasteiger partial charge in [0.25, 0.3) is 0 Å². The standard InChI is InChI=1S/C12H25NO2/c1-10(2)6-8-15-9-13-7-4-5-12(13)11(3)14/h10-12,14H,4-9H2,1-3H3/t11?,12-/m0/s1. The molecule has 0 spiro atoms. The van der Waals surface area contributed by atoms with Crippen molar-refractivity contribution in [3.63, 3.8) is 0 Å². The molecular weight excluding hydrogens is 190 g/mol. The second kappa shape index (κ2) is 6.46. The Labute approximate surface area is 93.4 Å². The van der Waals surface area contributed by atoms with E-state index in [1.54, 1.807) is 0 Å². The monoisotopic (exact) mass is 215 g/mol. The first kappa shape index (κ1) is 12.9. The fourth-order valence-electron chi connectivity index (χ4n) is 2.06. The highest BCUT2D eigenvalue weighted by molar-refractivity contribution is 4.81. The van der Waals surface area contributed by atoms with Gasteiger partial charge in [0, 0.05) is 19.2 Å². The van der Waals surface area contributed by atoms with Gasteiger partial charge in [0.2, 0.25) is 0 Å². The molecule has 1 rings (SSSR count). The van der Waals surface area contributed by atoms with Crippen LogP contribution in [0.3, 0.4) is 0 Å². The molecule has 0 amide bonds. The molecule has 0 saturated carbocycles. The Kier molecular flexibility index (Phi) is 5.58. The van der Waals surface area contributed by atoms with E-state index in [1.807, 2.05) is 6.92 Å². The van der Waals surface area contributed by atoms with E-state index in [4.69, 9.17) is 4.74 Å². The highest BCUT2D eigenvalue weighted by Gasteiger charge is 2.27. The van der Waals surface area contributed by atoms with Gasteiger partial charge in [-0.05, 0) is 32.1 Å². The summed E-state index contributed by atoms with van der Waals surface area (Å²) in [6, 6.07) is 0.309. The SMILES string of the molecule is CC(C)CCOCN1CCC[C@H]1C(C)O. The molecule has 0 aromatic carbocycles. The van der Waals surface area contributed by atoms with Gasteiger partial charge in [-0.3, -0.25) is 4.90 Å². The molecule has 1 unspecified atom stereocenters. The number of rotatable bonds is 6. The molecule has 0 radical (unpaired) electrons. The normalized spacial score (nSPS) is 25.0. The van der Waals surface area contributed by atoms with Crippen LogP contribution in [0.1, 0.15) is 40.0 Å². The lowest BCUT2D eigenvalue weighted by Crippen LogP contribution is -2.38. The van der Waals surface area contributed by atoms with E-state index in [0.717, 1.165) is 26.0 Å². The van der Waals surface area contributed by atoms with E-state index in [-0.39, 0.29) is 6.10 Å². The molecule has 0 aromatic rings. The molecule has 3 heteroatoms. The van der Waals surface area contributed by atoms with Crippen LogP contribution < -0.4 is 0 Å². The maximum atomic E-state index is 9.57. The minimum atomic E-state index is -0.235. The lowest BCUT2D eigenvalue weighted by molar-refractivity contribution is -0.0126. The van der Waals surface area contributed by atoms with Crippen LogP contribution in [0.4, 0.5) is 0 Å². The number of ether oxygens (including phenoxy) is 1.